The van der Waals surface area contributed by atoms with Crippen LogP contribution in [-0.2, 0) is 19.3 Å². The molecule has 1 aromatic heterocycles. The quantitative estimate of drug-likeness (QED) is 0.452. The molecule has 0 atom stereocenters. The molecule has 1 aromatic carbocycles. The second-order valence-corrected chi connectivity index (χ2v) is 7.86. The molecule has 0 aliphatic heterocycles. The Bertz CT molecular complexity index is 833. The van der Waals surface area contributed by atoms with E-state index < -0.39 is 11.9 Å². The predicted molar refractivity (Wildman–Crippen MR) is 108 cm³/mol. The molecule has 1 aliphatic carbocycles. The maximum atomic E-state index is 13.1. The molecule has 1 fully saturated rings. The highest BCUT2D eigenvalue weighted by Crippen LogP contribution is 2.46. The van der Waals surface area contributed by atoms with E-state index in [2.05, 4.69) is 15.7 Å². The lowest BCUT2D eigenvalue weighted by Gasteiger charge is -2.11. The van der Waals surface area contributed by atoms with Crippen LogP contribution in [0.3, 0.4) is 0 Å². The third kappa shape index (κ3) is 5.52. The van der Waals surface area contributed by atoms with Crippen LogP contribution >= 0.6 is 35.4 Å². The fourth-order valence-electron chi connectivity index (χ4n) is 2.83. The highest BCUT2D eigenvalue weighted by molar-refractivity contribution is 7.80. The number of hydrogen-bond acceptors (Lipinski definition) is 2. The number of thiocarbonyl (C=S) groups is 1. The van der Waals surface area contributed by atoms with Gasteiger partial charge in [0.2, 0.25) is 0 Å². The van der Waals surface area contributed by atoms with Crippen LogP contribution < -0.4 is 10.6 Å². The maximum absolute atomic E-state index is 13.1. The van der Waals surface area contributed by atoms with Gasteiger partial charge in [-0.25, -0.2) is 0 Å². The largest absolute Gasteiger partial charge is 0.436 e. The summed E-state index contributed by atoms with van der Waals surface area (Å²) in [5.41, 5.74) is 0.537. The molecule has 2 aromatic rings. The van der Waals surface area contributed by atoms with Crippen LogP contribution in [0.25, 0.3) is 0 Å². The van der Waals surface area contributed by atoms with E-state index >= 15 is 0 Å². The Labute approximate surface area is 176 Å². The van der Waals surface area contributed by atoms with Crippen molar-refractivity contribution in [3.63, 3.8) is 0 Å². The lowest BCUT2D eigenvalue weighted by Crippen LogP contribution is -2.35. The van der Waals surface area contributed by atoms with E-state index in [1.165, 1.54) is 4.68 Å². The van der Waals surface area contributed by atoms with Crippen molar-refractivity contribution in [2.24, 2.45) is 0 Å². The Morgan fingerprint density at radius 1 is 1.18 bits per heavy atom. The maximum Gasteiger partial charge on any atom is 0.436 e. The molecule has 28 heavy (non-hydrogen) atoms. The van der Waals surface area contributed by atoms with Crippen LogP contribution in [0, 0.1) is 0 Å². The second kappa shape index (κ2) is 8.88. The predicted octanol–water partition coefficient (Wildman–Crippen LogP) is 5.14. The number of hydrogen-bond donors (Lipinski definition) is 2. The molecule has 0 saturated heterocycles. The zero-order chi connectivity index (χ0) is 20.3. The third-order valence-corrected chi connectivity index (χ3v) is 5.28. The van der Waals surface area contributed by atoms with Crippen molar-refractivity contribution in [3.05, 3.63) is 51.3 Å². The minimum atomic E-state index is -4.54. The molecule has 3 rings (SSSR count). The first-order valence-electron chi connectivity index (χ1n) is 8.85. The molecule has 0 amide bonds. The van der Waals surface area contributed by atoms with Gasteiger partial charge in [-0.2, -0.15) is 18.3 Å². The van der Waals surface area contributed by atoms with Crippen molar-refractivity contribution in [2.75, 3.05) is 6.54 Å². The van der Waals surface area contributed by atoms with E-state index in [1.54, 1.807) is 12.1 Å². The molecular formula is C18H19Cl2F3N4S. The molecule has 0 bridgehead atoms. The number of halogens is 5. The first-order chi connectivity index (χ1) is 13.3. The minimum Gasteiger partial charge on any atom is -0.363 e. The Morgan fingerprint density at radius 3 is 2.46 bits per heavy atom. The van der Waals surface area contributed by atoms with Gasteiger partial charge >= 0.3 is 6.18 Å². The first kappa shape index (κ1) is 21.2. The highest BCUT2D eigenvalue weighted by Gasteiger charge is 2.41. The van der Waals surface area contributed by atoms with Gasteiger partial charge in [-0.05, 0) is 49.2 Å². The smallest absolute Gasteiger partial charge is 0.363 e. The number of alkyl halides is 3. The summed E-state index contributed by atoms with van der Waals surface area (Å²) >= 11 is 17.0. The van der Waals surface area contributed by atoms with Gasteiger partial charge in [-0.15, -0.1) is 0 Å². The number of rotatable bonds is 7. The average Bonchev–Trinajstić information content (AvgIpc) is 3.40. The lowest BCUT2D eigenvalue weighted by molar-refractivity contribution is -0.141. The summed E-state index contributed by atoms with van der Waals surface area (Å²) in [6, 6.07) is 7.40. The zero-order valence-electron chi connectivity index (χ0n) is 14.8. The number of benzene rings is 1. The van der Waals surface area contributed by atoms with E-state index in [1.807, 2.05) is 12.1 Å². The summed E-state index contributed by atoms with van der Waals surface area (Å²) in [5, 5.41) is 10.7. The van der Waals surface area contributed by atoms with Crippen LogP contribution in [0.5, 0.6) is 0 Å². The first-order valence-corrected chi connectivity index (χ1v) is 10.0. The van der Waals surface area contributed by atoms with Crippen molar-refractivity contribution < 1.29 is 13.2 Å². The topological polar surface area (TPSA) is 41.9 Å². The zero-order valence-corrected chi connectivity index (χ0v) is 17.2. The fraction of sp³-hybridized carbons (Fsp3) is 0.444. The van der Waals surface area contributed by atoms with Crippen LogP contribution in [0.4, 0.5) is 13.2 Å². The SMILES string of the molecule is FC(F)(F)c1nn(CCCNC(=S)NCc2ccc(Cl)cc2)c(C2CC2)c1Cl. The van der Waals surface area contributed by atoms with E-state index in [0.717, 1.165) is 18.4 Å². The van der Waals surface area contributed by atoms with Gasteiger partial charge in [0.1, 0.15) is 0 Å². The second-order valence-electron chi connectivity index (χ2n) is 6.63. The summed E-state index contributed by atoms with van der Waals surface area (Å²) in [7, 11) is 0. The lowest BCUT2D eigenvalue weighted by atomic mass is 10.2. The summed E-state index contributed by atoms with van der Waals surface area (Å²) in [6.45, 7) is 1.41. The molecule has 1 aliphatic rings. The van der Waals surface area contributed by atoms with E-state index in [0.29, 0.717) is 41.9 Å². The van der Waals surface area contributed by atoms with Crippen molar-refractivity contribution in [1.82, 2.24) is 20.4 Å². The van der Waals surface area contributed by atoms with Gasteiger partial charge in [0.05, 0.1) is 10.7 Å². The normalized spacial score (nSPS) is 14.2. The standard InChI is InChI=1S/C18H19Cl2F3N4S/c19-13-6-2-11(3-7-13)10-25-17(28)24-8-1-9-27-15(12-4-5-12)14(20)16(26-27)18(21,22)23/h2-3,6-7,12H,1,4-5,8-10H2,(H2,24,25,28). The molecule has 4 nitrogen and oxygen atoms in total. The summed E-state index contributed by atoms with van der Waals surface area (Å²) in [4.78, 5) is 0. The average molecular weight is 451 g/mol. The summed E-state index contributed by atoms with van der Waals surface area (Å²) in [6.07, 6.45) is -2.28. The number of nitrogens with zero attached hydrogens (tertiary/aromatic N) is 2. The molecule has 10 heteroatoms. The van der Waals surface area contributed by atoms with Crippen molar-refractivity contribution in [3.8, 4) is 0 Å². The Morgan fingerprint density at radius 2 is 1.86 bits per heavy atom. The van der Waals surface area contributed by atoms with Crippen molar-refractivity contribution in [2.45, 2.75) is 44.4 Å². The van der Waals surface area contributed by atoms with Gasteiger partial charge in [0.25, 0.3) is 0 Å². The van der Waals surface area contributed by atoms with Gasteiger partial charge in [0.15, 0.2) is 10.8 Å². The van der Waals surface area contributed by atoms with Gasteiger partial charge in [0, 0.05) is 30.6 Å². The molecule has 1 saturated carbocycles. The van der Waals surface area contributed by atoms with Crippen molar-refractivity contribution >= 4 is 40.5 Å². The van der Waals surface area contributed by atoms with Crippen molar-refractivity contribution in [1.29, 1.82) is 0 Å². The van der Waals surface area contributed by atoms with Gasteiger partial charge in [-0.3, -0.25) is 4.68 Å². The van der Waals surface area contributed by atoms with Gasteiger partial charge in [-0.1, -0.05) is 35.3 Å². The minimum absolute atomic E-state index is 0.0752. The molecule has 152 valence electrons. The molecule has 0 radical (unpaired) electrons. The number of aryl methyl sites for hydroxylation is 1. The Hall–Kier alpha value is -1.51. The molecule has 1 heterocycles. The van der Waals surface area contributed by atoms with Crippen LogP contribution in [0.15, 0.2) is 24.3 Å². The fourth-order valence-corrected chi connectivity index (χ4v) is 3.53. The molecule has 2 N–H and O–H groups in total. The van der Waals surface area contributed by atoms with E-state index in [-0.39, 0.29) is 10.9 Å². The molecule has 0 unspecified atom stereocenters. The van der Waals surface area contributed by atoms with E-state index in [4.69, 9.17) is 35.4 Å². The Kier molecular flexibility index (Phi) is 6.73. The van der Waals surface area contributed by atoms with Crippen LogP contribution in [-0.4, -0.2) is 21.4 Å². The van der Waals surface area contributed by atoms with Gasteiger partial charge < -0.3 is 10.6 Å². The molecule has 0 spiro atoms. The monoisotopic (exact) mass is 450 g/mol. The third-order valence-electron chi connectivity index (χ3n) is 4.36. The molecular weight excluding hydrogens is 432 g/mol. The van der Waals surface area contributed by atoms with E-state index in [9.17, 15) is 13.2 Å². The number of nitrogens with one attached hydrogen (secondary N) is 2. The van der Waals surface area contributed by atoms with Crippen LogP contribution in [0.2, 0.25) is 10.0 Å². The highest BCUT2D eigenvalue weighted by atomic mass is 35.5. The summed E-state index contributed by atoms with van der Waals surface area (Å²) in [5.74, 6) is 0.0752. The summed E-state index contributed by atoms with van der Waals surface area (Å²) < 4.78 is 40.6. The Balaban J connectivity index is 1.47. The van der Waals surface area contributed by atoms with Crippen LogP contribution in [0.1, 0.15) is 42.1 Å². The number of aromatic nitrogens is 2.